The number of anilines is 1. The van der Waals surface area contributed by atoms with E-state index in [0.29, 0.717) is 17.9 Å². The van der Waals surface area contributed by atoms with Crippen LogP contribution in [-0.2, 0) is 0 Å². The van der Waals surface area contributed by atoms with Crippen LogP contribution in [0, 0.1) is 5.82 Å². The molecule has 6 nitrogen and oxygen atoms in total. The molecular formula is C17H20FN5O. The third kappa shape index (κ3) is 4.05. The van der Waals surface area contributed by atoms with Crippen LogP contribution < -0.4 is 10.2 Å². The summed E-state index contributed by atoms with van der Waals surface area (Å²) in [6, 6.07) is 6.86. The first kappa shape index (κ1) is 16.3. The number of nitrogens with one attached hydrogen (secondary N) is 1. The summed E-state index contributed by atoms with van der Waals surface area (Å²) in [6.07, 6.45) is 4.48. The topological polar surface area (TPSA) is 61.4 Å². The van der Waals surface area contributed by atoms with E-state index in [0.717, 1.165) is 32.7 Å². The average molecular weight is 329 g/mol. The van der Waals surface area contributed by atoms with E-state index in [9.17, 15) is 9.18 Å². The van der Waals surface area contributed by atoms with Gasteiger partial charge in [0.2, 0.25) is 0 Å². The molecule has 1 aliphatic rings. The molecule has 0 unspecified atom stereocenters. The van der Waals surface area contributed by atoms with Gasteiger partial charge in [0.1, 0.15) is 11.5 Å². The van der Waals surface area contributed by atoms with Crippen molar-refractivity contribution >= 4 is 11.6 Å². The minimum atomic E-state index is -0.215. The van der Waals surface area contributed by atoms with Gasteiger partial charge in [-0.05, 0) is 12.1 Å². The summed E-state index contributed by atoms with van der Waals surface area (Å²) in [4.78, 5) is 24.0. The first-order valence-electron chi connectivity index (χ1n) is 8.00. The van der Waals surface area contributed by atoms with Crippen molar-refractivity contribution in [3.63, 3.8) is 0 Å². The molecule has 0 aliphatic carbocycles. The lowest BCUT2D eigenvalue weighted by atomic mass is 10.2. The number of para-hydroxylation sites is 1. The third-order valence-electron chi connectivity index (χ3n) is 4.07. The molecule has 126 valence electrons. The van der Waals surface area contributed by atoms with Crippen LogP contribution in [0.5, 0.6) is 0 Å². The molecular weight excluding hydrogens is 309 g/mol. The molecule has 1 saturated heterocycles. The van der Waals surface area contributed by atoms with Crippen LogP contribution >= 0.6 is 0 Å². The average Bonchev–Trinajstić information content (AvgIpc) is 2.63. The Labute approximate surface area is 140 Å². The van der Waals surface area contributed by atoms with Crippen LogP contribution in [0.15, 0.2) is 42.9 Å². The van der Waals surface area contributed by atoms with Crippen molar-refractivity contribution in [2.24, 2.45) is 0 Å². The highest BCUT2D eigenvalue weighted by Gasteiger charge is 2.19. The highest BCUT2D eigenvalue weighted by Crippen LogP contribution is 2.19. The number of hydrogen-bond donors (Lipinski definition) is 1. The van der Waals surface area contributed by atoms with E-state index in [1.54, 1.807) is 6.07 Å². The van der Waals surface area contributed by atoms with Crippen molar-refractivity contribution in [3.05, 3.63) is 54.4 Å². The fourth-order valence-electron chi connectivity index (χ4n) is 2.76. The Bertz CT molecular complexity index is 674. The number of amides is 1. The molecule has 0 bridgehead atoms. The van der Waals surface area contributed by atoms with E-state index in [1.165, 1.54) is 24.7 Å². The Hall–Kier alpha value is -2.54. The number of nitrogens with zero attached hydrogens (tertiary/aromatic N) is 4. The minimum Gasteiger partial charge on any atom is -0.367 e. The molecule has 3 rings (SSSR count). The minimum absolute atomic E-state index is 0.179. The third-order valence-corrected chi connectivity index (χ3v) is 4.07. The van der Waals surface area contributed by atoms with Crippen LogP contribution in [-0.4, -0.2) is 60.0 Å². The Morgan fingerprint density at radius 2 is 1.96 bits per heavy atom. The molecule has 1 aromatic heterocycles. The van der Waals surface area contributed by atoms with Crippen molar-refractivity contribution < 1.29 is 9.18 Å². The number of carbonyl (C=O) groups excluding carboxylic acids is 1. The summed E-state index contributed by atoms with van der Waals surface area (Å²) in [5.41, 5.74) is 0.981. The molecule has 24 heavy (non-hydrogen) atoms. The quantitative estimate of drug-likeness (QED) is 0.892. The zero-order valence-corrected chi connectivity index (χ0v) is 13.4. The molecule has 1 N–H and O–H groups in total. The summed E-state index contributed by atoms with van der Waals surface area (Å²) < 4.78 is 13.8. The standard InChI is InChI=1S/C17H20FN5O/c18-14-3-1-2-4-16(14)23-11-9-22(10-12-23)8-7-21-17(24)15-13-19-5-6-20-15/h1-6,13H,7-12H2,(H,21,24). The van der Waals surface area contributed by atoms with Gasteiger partial charge in [0.05, 0.1) is 11.9 Å². The van der Waals surface area contributed by atoms with Crippen molar-refractivity contribution in [2.75, 3.05) is 44.2 Å². The molecule has 1 aliphatic heterocycles. The Kier molecular flexibility index (Phi) is 5.32. The van der Waals surface area contributed by atoms with Crippen molar-refractivity contribution in [1.82, 2.24) is 20.2 Å². The van der Waals surface area contributed by atoms with Crippen LogP contribution in [0.1, 0.15) is 10.5 Å². The maximum absolute atomic E-state index is 13.8. The smallest absolute Gasteiger partial charge is 0.271 e. The first-order chi connectivity index (χ1) is 11.7. The molecule has 1 amide bonds. The maximum atomic E-state index is 13.8. The van der Waals surface area contributed by atoms with Gasteiger partial charge in [-0.3, -0.25) is 14.7 Å². The highest BCUT2D eigenvalue weighted by molar-refractivity contribution is 5.91. The van der Waals surface area contributed by atoms with Crippen LogP contribution in [0.2, 0.25) is 0 Å². The SMILES string of the molecule is O=C(NCCN1CCN(c2ccccc2F)CC1)c1cnccn1. The molecule has 7 heteroatoms. The lowest BCUT2D eigenvalue weighted by Gasteiger charge is -2.36. The van der Waals surface area contributed by atoms with Gasteiger partial charge < -0.3 is 10.2 Å². The zero-order valence-electron chi connectivity index (χ0n) is 13.4. The summed E-state index contributed by atoms with van der Waals surface area (Å²) in [5, 5.41) is 2.84. The van der Waals surface area contributed by atoms with Gasteiger partial charge in [-0.1, -0.05) is 12.1 Å². The predicted molar refractivity (Wildman–Crippen MR) is 89.4 cm³/mol. The number of halogens is 1. The molecule has 0 atom stereocenters. The number of rotatable bonds is 5. The van der Waals surface area contributed by atoms with E-state index in [4.69, 9.17) is 0 Å². The van der Waals surface area contributed by atoms with Crippen LogP contribution in [0.3, 0.4) is 0 Å². The van der Waals surface area contributed by atoms with Gasteiger partial charge in [-0.2, -0.15) is 0 Å². The largest absolute Gasteiger partial charge is 0.367 e. The highest BCUT2D eigenvalue weighted by atomic mass is 19.1. The number of carbonyl (C=O) groups is 1. The number of hydrogen-bond acceptors (Lipinski definition) is 5. The predicted octanol–water partition coefficient (Wildman–Crippen LogP) is 1.17. The first-order valence-corrected chi connectivity index (χ1v) is 8.00. The molecule has 0 saturated carbocycles. The molecule has 0 spiro atoms. The Morgan fingerprint density at radius 3 is 2.67 bits per heavy atom. The second-order valence-corrected chi connectivity index (χ2v) is 5.63. The van der Waals surface area contributed by atoms with Gasteiger partial charge in [0.25, 0.3) is 5.91 Å². The maximum Gasteiger partial charge on any atom is 0.271 e. The van der Waals surface area contributed by atoms with E-state index < -0.39 is 0 Å². The summed E-state index contributed by atoms with van der Waals surface area (Å²) in [5.74, 6) is -0.393. The number of benzene rings is 1. The van der Waals surface area contributed by atoms with Gasteiger partial charge in [0, 0.05) is 51.7 Å². The fourth-order valence-corrected chi connectivity index (χ4v) is 2.76. The number of aromatic nitrogens is 2. The normalized spacial score (nSPS) is 15.3. The molecule has 2 aromatic rings. The Morgan fingerprint density at radius 1 is 1.17 bits per heavy atom. The second kappa shape index (κ2) is 7.83. The Balaban J connectivity index is 1.41. The second-order valence-electron chi connectivity index (χ2n) is 5.63. The number of piperazine rings is 1. The van der Waals surface area contributed by atoms with Gasteiger partial charge >= 0.3 is 0 Å². The van der Waals surface area contributed by atoms with E-state index in [1.807, 2.05) is 12.1 Å². The van der Waals surface area contributed by atoms with E-state index in [2.05, 4.69) is 25.1 Å². The summed E-state index contributed by atoms with van der Waals surface area (Å²) in [6.45, 7) is 4.55. The fraction of sp³-hybridized carbons (Fsp3) is 0.353. The van der Waals surface area contributed by atoms with Gasteiger partial charge in [-0.15, -0.1) is 0 Å². The zero-order chi connectivity index (χ0) is 16.8. The molecule has 0 radical (unpaired) electrons. The van der Waals surface area contributed by atoms with Crippen LogP contribution in [0.4, 0.5) is 10.1 Å². The van der Waals surface area contributed by atoms with E-state index >= 15 is 0 Å². The molecule has 1 aromatic carbocycles. The monoisotopic (exact) mass is 329 g/mol. The summed E-state index contributed by atoms with van der Waals surface area (Å²) in [7, 11) is 0. The lowest BCUT2D eigenvalue weighted by Crippen LogP contribution is -2.48. The van der Waals surface area contributed by atoms with E-state index in [-0.39, 0.29) is 11.7 Å². The summed E-state index contributed by atoms with van der Waals surface area (Å²) >= 11 is 0. The molecule has 1 fully saturated rings. The van der Waals surface area contributed by atoms with Gasteiger partial charge in [0.15, 0.2) is 0 Å². The van der Waals surface area contributed by atoms with Gasteiger partial charge in [-0.25, -0.2) is 9.37 Å². The van der Waals surface area contributed by atoms with Crippen LogP contribution in [0.25, 0.3) is 0 Å². The lowest BCUT2D eigenvalue weighted by molar-refractivity contribution is 0.0942. The van der Waals surface area contributed by atoms with Crippen molar-refractivity contribution in [2.45, 2.75) is 0 Å². The van der Waals surface area contributed by atoms with Crippen molar-refractivity contribution in [3.8, 4) is 0 Å². The van der Waals surface area contributed by atoms with Crippen molar-refractivity contribution in [1.29, 1.82) is 0 Å². The molecule has 2 heterocycles.